The highest BCUT2D eigenvalue weighted by Crippen LogP contribution is 2.23. The maximum absolute atomic E-state index is 13.3. The van der Waals surface area contributed by atoms with Crippen LogP contribution in [-0.2, 0) is 4.74 Å². The molecule has 0 saturated heterocycles. The molecule has 0 spiro atoms. The molecular formula is C26H28N2O4. The van der Waals surface area contributed by atoms with Gasteiger partial charge in [0, 0.05) is 24.4 Å². The molecule has 32 heavy (non-hydrogen) atoms. The second kappa shape index (κ2) is 11.7. The number of benzene rings is 3. The summed E-state index contributed by atoms with van der Waals surface area (Å²) in [5.41, 5.74) is 2.18. The van der Waals surface area contributed by atoms with Crippen molar-refractivity contribution in [3.8, 4) is 5.75 Å². The Labute approximate surface area is 188 Å². The lowest BCUT2D eigenvalue weighted by molar-refractivity contribution is 0.0989. The molecule has 6 nitrogen and oxygen atoms in total. The van der Waals surface area contributed by atoms with Crippen molar-refractivity contribution >= 4 is 23.2 Å². The van der Waals surface area contributed by atoms with Gasteiger partial charge in [0.15, 0.2) is 0 Å². The molecule has 1 N–H and O–H groups in total. The average molecular weight is 433 g/mol. The molecule has 0 heterocycles. The highest BCUT2D eigenvalue weighted by atomic mass is 16.5. The van der Waals surface area contributed by atoms with Crippen LogP contribution in [0.5, 0.6) is 5.75 Å². The second-order valence-corrected chi connectivity index (χ2v) is 6.95. The van der Waals surface area contributed by atoms with E-state index >= 15 is 0 Å². The molecule has 0 radical (unpaired) electrons. The minimum absolute atomic E-state index is 0.173. The number of rotatable bonds is 10. The maximum atomic E-state index is 13.3. The SMILES string of the molecule is CCOCCOc1ccc(C(=O)Nc2ccccc2C(=O)N(CC)c2ccccc2)cc1. The summed E-state index contributed by atoms with van der Waals surface area (Å²) in [6.07, 6.45) is 0. The molecule has 6 heteroatoms. The van der Waals surface area contributed by atoms with Gasteiger partial charge in [-0.2, -0.15) is 0 Å². The van der Waals surface area contributed by atoms with Crippen LogP contribution in [0.25, 0.3) is 0 Å². The number of nitrogens with zero attached hydrogens (tertiary/aromatic N) is 1. The summed E-state index contributed by atoms with van der Waals surface area (Å²) in [4.78, 5) is 27.7. The lowest BCUT2D eigenvalue weighted by Gasteiger charge is -2.22. The van der Waals surface area contributed by atoms with Crippen LogP contribution in [0.2, 0.25) is 0 Å². The van der Waals surface area contributed by atoms with Crippen molar-refractivity contribution in [3.05, 3.63) is 90.0 Å². The normalized spacial score (nSPS) is 10.4. The van der Waals surface area contributed by atoms with Gasteiger partial charge in [0.1, 0.15) is 12.4 Å². The Morgan fingerprint density at radius 2 is 1.53 bits per heavy atom. The number of anilines is 2. The van der Waals surface area contributed by atoms with E-state index in [0.29, 0.717) is 48.9 Å². The molecule has 3 rings (SSSR count). The number of hydrogen-bond donors (Lipinski definition) is 1. The van der Waals surface area contributed by atoms with E-state index < -0.39 is 0 Å². The van der Waals surface area contributed by atoms with Crippen LogP contribution in [0.15, 0.2) is 78.9 Å². The zero-order valence-electron chi connectivity index (χ0n) is 18.4. The summed E-state index contributed by atoms with van der Waals surface area (Å²) in [6.45, 7) is 5.97. The summed E-state index contributed by atoms with van der Waals surface area (Å²) in [6, 6.07) is 23.4. The lowest BCUT2D eigenvalue weighted by atomic mass is 10.1. The van der Waals surface area contributed by atoms with Crippen molar-refractivity contribution in [2.75, 3.05) is 36.6 Å². The fraction of sp³-hybridized carbons (Fsp3) is 0.231. The van der Waals surface area contributed by atoms with Crippen molar-refractivity contribution in [1.82, 2.24) is 0 Å². The van der Waals surface area contributed by atoms with Gasteiger partial charge in [-0.3, -0.25) is 9.59 Å². The molecule has 0 bridgehead atoms. The molecule has 0 fully saturated rings. The third-order valence-corrected chi connectivity index (χ3v) is 4.85. The smallest absolute Gasteiger partial charge is 0.260 e. The summed E-state index contributed by atoms with van der Waals surface area (Å²) < 4.78 is 10.8. The first-order valence-corrected chi connectivity index (χ1v) is 10.7. The molecule has 0 unspecified atom stereocenters. The number of para-hydroxylation sites is 2. The van der Waals surface area contributed by atoms with Gasteiger partial charge in [0.2, 0.25) is 0 Å². The molecule has 2 amide bonds. The fourth-order valence-electron chi connectivity index (χ4n) is 3.24. The van der Waals surface area contributed by atoms with Gasteiger partial charge in [-0.15, -0.1) is 0 Å². The standard InChI is InChI=1S/C26H28N2O4/c1-3-28(21-10-6-5-7-11-21)26(30)23-12-8-9-13-24(23)27-25(29)20-14-16-22(17-15-20)32-19-18-31-4-2/h5-17H,3-4,18-19H2,1-2H3,(H,27,29). The third-order valence-electron chi connectivity index (χ3n) is 4.85. The van der Waals surface area contributed by atoms with Crippen molar-refractivity contribution in [2.24, 2.45) is 0 Å². The van der Waals surface area contributed by atoms with E-state index in [2.05, 4.69) is 5.32 Å². The van der Waals surface area contributed by atoms with Crippen LogP contribution in [0.4, 0.5) is 11.4 Å². The summed E-state index contributed by atoms with van der Waals surface area (Å²) in [7, 11) is 0. The van der Waals surface area contributed by atoms with Crippen LogP contribution in [0.3, 0.4) is 0 Å². The van der Waals surface area contributed by atoms with Gasteiger partial charge >= 0.3 is 0 Å². The molecule has 0 aliphatic rings. The average Bonchev–Trinajstić information content (AvgIpc) is 2.83. The Morgan fingerprint density at radius 3 is 2.22 bits per heavy atom. The monoisotopic (exact) mass is 432 g/mol. The Morgan fingerprint density at radius 1 is 0.844 bits per heavy atom. The van der Waals surface area contributed by atoms with Gasteiger partial charge in [0.05, 0.1) is 17.9 Å². The first kappa shape index (κ1) is 23.0. The quantitative estimate of drug-likeness (QED) is 0.457. The van der Waals surface area contributed by atoms with Gasteiger partial charge < -0.3 is 19.7 Å². The minimum atomic E-state index is -0.297. The molecule has 0 aliphatic carbocycles. The fourth-order valence-corrected chi connectivity index (χ4v) is 3.24. The predicted octanol–water partition coefficient (Wildman–Crippen LogP) is 5.02. The number of carbonyl (C=O) groups excluding carboxylic acids is 2. The van der Waals surface area contributed by atoms with Crippen molar-refractivity contribution < 1.29 is 19.1 Å². The third kappa shape index (κ3) is 5.95. The van der Waals surface area contributed by atoms with Crippen molar-refractivity contribution in [3.63, 3.8) is 0 Å². The van der Waals surface area contributed by atoms with E-state index in [1.165, 1.54) is 0 Å². The zero-order chi connectivity index (χ0) is 22.8. The van der Waals surface area contributed by atoms with E-state index in [-0.39, 0.29) is 11.8 Å². The van der Waals surface area contributed by atoms with E-state index in [1.807, 2.05) is 44.2 Å². The molecule has 0 aliphatic heterocycles. The molecular weight excluding hydrogens is 404 g/mol. The number of amides is 2. The van der Waals surface area contributed by atoms with E-state index in [9.17, 15) is 9.59 Å². The molecule has 3 aromatic rings. The van der Waals surface area contributed by atoms with Gasteiger partial charge in [-0.05, 0) is 62.4 Å². The maximum Gasteiger partial charge on any atom is 0.260 e. The molecule has 0 aromatic heterocycles. The number of nitrogens with one attached hydrogen (secondary N) is 1. The summed E-state index contributed by atoms with van der Waals surface area (Å²) >= 11 is 0. The second-order valence-electron chi connectivity index (χ2n) is 6.95. The van der Waals surface area contributed by atoms with Crippen LogP contribution in [-0.4, -0.2) is 38.2 Å². The van der Waals surface area contributed by atoms with E-state index in [4.69, 9.17) is 9.47 Å². The van der Waals surface area contributed by atoms with Gasteiger partial charge in [0.25, 0.3) is 11.8 Å². The van der Waals surface area contributed by atoms with E-state index in [0.717, 1.165) is 5.69 Å². The number of hydrogen-bond acceptors (Lipinski definition) is 4. The highest BCUT2D eigenvalue weighted by Gasteiger charge is 2.20. The lowest BCUT2D eigenvalue weighted by Crippen LogP contribution is -2.31. The molecule has 166 valence electrons. The minimum Gasteiger partial charge on any atom is -0.491 e. The number of carbonyl (C=O) groups is 2. The van der Waals surface area contributed by atoms with Crippen LogP contribution in [0.1, 0.15) is 34.6 Å². The molecule has 0 saturated carbocycles. The van der Waals surface area contributed by atoms with Gasteiger partial charge in [-0.25, -0.2) is 0 Å². The Balaban J connectivity index is 1.72. The number of ether oxygens (including phenoxy) is 2. The van der Waals surface area contributed by atoms with Crippen molar-refractivity contribution in [2.45, 2.75) is 13.8 Å². The zero-order valence-corrected chi connectivity index (χ0v) is 18.4. The highest BCUT2D eigenvalue weighted by molar-refractivity contribution is 6.13. The van der Waals surface area contributed by atoms with Crippen molar-refractivity contribution in [1.29, 1.82) is 0 Å². The largest absolute Gasteiger partial charge is 0.491 e. The van der Waals surface area contributed by atoms with Crippen LogP contribution in [0, 0.1) is 0 Å². The Hall–Kier alpha value is -3.64. The molecule has 3 aromatic carbocycles. The van der Waals surface area contributed by atoms with E-state index in [1.54, 1.807) is 53.4 Å². The first-order chi connectivity index (χ1) is 15.6. The summed E-state index contributed by atoms with van der Waals surface area (Å²) in [5, 5.41) is 2.87. The Kier molecular flexibility index (Phi) is 8.40. The van der Waals surface area contributed by atoms with Crippen LogP contribution < -0.4 is 15.0 Å². The first-order valence-electron chi connectivity index (χ1n) is 10.7. The van der Waals surface area contributed by atoms with Crippen LogP contribution >= 0.6 is 0 Å². The predicted molar refractivity (Wildman–Crippen MR) is 127 cm³/mol. The topological polar surface area (TPSA) is 67.9 Å². The summed E-state index contributed by atoms with van der Waals surface area (Å²) in [5.74, 6) is 0.194. The van der Waals surface area contributed by atoms with Gasteiger partial charge in [-0.1, -0.05) is 30.3 Å². The molecule has 0 atom stereocenters. The Bertz CT molecular complexity index is 1020.